The van der Waals surface area contributed by atoms with Crippen molar-refractivity contribution in [3.63, 3.8) is 0 Å². The second kappa shape index (κ2) is 7.91. The number of carbonyl (C=O) groups excluding carboxylic acids is 1. The largest absolute Gasteiger partial charge is 0.335 e. The van der Waals surface area contributed by atoms with Crippen molar-refractivity contribution < 1.29 is 13.2 Å². The van der Waals surface area contributed by atoms with Crippen LogP contribution in [0.4, 0.5) is 0 Å². The first-order chi connectivity index (χ1) is 13.4. The Labute approximate surface area is 174 Å². The Balaban J connectivity index is 1.53. The van der Waals surface area contributed by atoms with Crippen molar-refractivity contribution in [2.45, 2.75) is 63.1 Å². The van der Waals surface area contributed by atoms with Crippen molar-refractivity contribution in [2.75, 3.05) is 17.3 Å². The number of aryl methyl sites for hydroxylation is 2. The molecular formula is C19H25N3O3S3. The molecule has 2 unspecified atom stereocenters. The molecule has 1 aliphatic carbocycles. The Kier molecular flexibility index (Phi) is 5.68. The maximum absolute atomic E-state index is 13.1. The van der Waals surface area contributed by atoms with Crippen molar-refractivity contribution >= 4 is 49.1 Å². The molecule has 6 nitrogen and oxygen atoms in total. The number of thiophene rings is 1. The van der Waals surface area contributed by atoms with Crippen LogP contribution in [0.25, 0.3) is 10.2 Å². The Morgan fingerprint density at radius 1 is 1.39 bits per heavy atom. The number of sulfone groups is 1. The first kappa shape index (κ1) is 20.1. The molecule has 0 bridgehead atoms. The van der Waals surface area contributed by atoms with E-state index >= 15 is 0 Å². The molecule has 0 N–H and O–H groups in total. The molecule has 2 aliphatic rings. The van der Waals surface area contributed by atoms with E-state index in [-0.39, 0.29) is 35.2 Å². The number of hydrogen-bond donors (Lipinski definition) is 0. The summed E-state index contributed by atoms with van der Waals surface area (Å²) in [7, 11) is -3.03. The van der Waals surface area contributed by atoms with E-state index in [1.165, 1.54) is 28.6 Å². The molecule has 0 radical (unpaired) electrons. The quantitative estimate of drug-likeness (QED) is 0.508. The van der Waals surface area contributed by atoms with E-state index in [1.807, 2.05) is 18.7 Å². The van der Waals surface area contributed by atoms with Crippen LogP contribution in [0.2, 0.25) is 0 Å². The van der Waals surface area contributed by atoms with Crippen molar-refractivity contribution in [3.8, 4) is 0 Å². The van der Waals surface area contributed by atoms with Gasteiger partial charge in [0.25, 0.3) is 0 Å². The highest BCUT2D eigenvalue weighted by molar-refractivity contribution is 8.00. The van der Waals surface area contributed by atoms with Crippen LogP contribution >= 0.6 is 23.1 Å². The lowest BCUT2D eigenvalue weighted by molar-refractivity contribution is -0.132. The normalized spacial score (nSPS) is 21.7. The van der Waals surface area contributed by atoms with E-state index in [2.05, 4.69) is 9.97 Å². The van der Waals surface area contributed by atoms with Crippen LogP contribution < -0.4 is 0 Å². The Morgan fingerprint density at radius 3 is 2.93 bits per heavy atom. The van der Waals surface area contributed by atoms with Crippen LogP contribution in [-0.4, -0.2) is 58.5 Å². The molecule has 2 atom stereocenters. The summed E-state index contributed by atoms with van der Waals surface area (Å²) in [6.07, 6.45) is 6.27. The number of rotatable bonds is 6. The average molecular weight is 440 g/mol. The number of fused-ring (bicyclic) bond motifs is 3. The van der Waals surface area contributed by atoms with Gasteiger partial charge in [0.05, 0.1) is 17.3 Å². The lowest BCUT2D eigenvalue weighted by atomic mass is 10.1. The molecular weight excluding hydrogens is 414 g/mol. The van der Waals surface area contributed by atoms with Gasteiger partial charge in [0.1, 0.15) is 16.2 Å². The molecule has 1 aliphatic heterocycles. The monoisotopic (exact) mass is 439 g/mol. The van der Waals surface area contributed by atoms with Crippen LogP contribution in [0.3, 0.4) is 0 Å². The predicted molar refractivity (Wildman–Crippen MR) is 114 cm³/mol. The molecule has 3 heterocycles. The maximum atomic E-state index is 13.1. The number of nitrogens with zero attached hydrogens (tertiary/aromatic N) is 3. The van der Waals surface area contributed by atoms with E-state index in [9.17, 15) is 13.2 Å². The molecule has 152 valence electrons. The van der Waals surface area contributed by atoms with E-state index in [1.54, 1.807) is 17.7 Å². The molecule has 0 spiro atoms. The highest BCUT2D eigenvalue weighted by atomic mass is 32.2. The van der Waals surface area contributed by atoms with Crippen LogP contribution in [0.1, 0.15) is 43.6 Å². The van der Waals surface area contributed by atoms with Gasteiger partial charge in [-0.3, -0.25) is 4.79 Å². The van der Waals surface area contributed by atoms with Crippen molar-refractivity contribution in [1.82, 2.24) is 14.9 Å². The molecule has 4 rings (SSSR count). The van der Waals surface area contributed by atoms with E-state index < -0.39 is 9.84 Å². The van der Waals surface area contributed by atoms with Crippen molar-refractivity contribution in [1.29, 1.82) is 0 Å². The minimum Gasteiger partial charge on any atom is -0.335 e. The summed E-state index contributed by atoms with van der Waals surface area (Å²) in [5.41, 5.74) is 1.36. The topological polar surface area (TPSA) is 80.2 Å². The van der Waals surface area contributed by atoms with Gasteiger partial charge in [-0.05, 0) is 44.6 Å². The minimum absolute atomic E-state index is 0.0000808. The third-order valence-corrected chi connectivity index (χ3v) is 9.68. The molecule has 1 fully saturated rings. The van der Waals surface area contributed by atoms with Crippen LogP contribution in [0, 0.1) is 0 Å². The molecule has 0 saturated carbocycles. The van der Waals surface area contributed by atoms with Gasteiger partial charge >= 0.3 is 0 Å². The molecule has 28 heavy (non-hydrogen) atoms. The Hall–Kier alpha value is -1.19. The molecule has 2 aromatic rings. The second-order valence-corrected chi connectivity index (χ2v) is 11.9. The first-order valence-corrected chi connectivity index (χ1v) is 13.4. The summed E-state index contributed by atoms with van der Waals surface area (Å²) in [6.45, 7) is 4.03. The zero-order chi connectivity index (χ0) is 19.9. The Morgan fingerprint density at radius 2 is 2.21 bits per heavy atom. The van der Waals surface area contributed by atoms with Crippen LogP contribution in [0.5, 0.6) is 0 Å². The fourth-order valence-electron chi connectivity index (χ4n) is 4.21. The van der Waals surface area contributed by atoms with Gasteiger partial charge < -0.3 is 4.90 Å². The van der Waals surface area contributed by atoms with Crippen molar-refractivity contribution in [2.24, 2.45) is 0 Å². The molecule has 0 aromatic carbocycles. The van der Waals surface area contributed by atoms with Gasteiger partial charge in [0.2, 0.25) is 5.91 Å². The summed E-state index contributed by atoms with van der Waals surface area (Å²) in [4.78, 5) is 26.2. The third-order valence-electron chi connectivity index (χ3n) is 5.75. The lowest BCUT2D eigenvalue weighted by Gasteiger charge is -2.33. The van der Waals surface area contributed by atoms with Crippen LogP contribution in [0.15, 0.2) is 11.4 Å². The Bertz CT molecular complexity index is 1000. The summed E-state index contributed by atoms with van der Waals surface area (Å²) in [5.74, 6) is 0.542. The first-order valence-electron chi connectivity index (χ1n) is 9.79. The summed E-state index contributed by atoms with van der Waals surface area (Å²) < 4.78 is 23.8. The molecule has 9 heteroatoms. The molecule has 2 aromatic heterocycles. The number of thioether (sulfide) groups is 1. The minimum atomic E-state index is -3.03. The van der Waals surface area contributed by atoms with Gasteiger partial charge in [0.15, 0.2) is 9.84 Å². The van der Waals surface area contributed by atoms with Gasteiger partial charge in [-0.25, -0.2) is 18.4 Å². The van der Waals surface area contributed by atoms with E-state index in [4.69, 9.17) is 0 Å². The fraction of sp³-hybridized carbons (Fsp3) is 0.632. The third kappa shape index (κ3) is 3.80. The molecule has 1 amide bonds. The number of carbonyl (C=O) groups is 1. The van der Waals surface area contributed by atoms with E-state index in [0.717, 1.165) is 34.5 Å². The van der Waals surface area contributed by atoms with Crippen LogP contribution in [-0.2, 0) is 27.5 Å². The predicted octanol–water partition coefficient (Wildman–Crippen LogP) is 3.09. The number of aromatic nitrogens is 2. The van der Waals surface area contributed by atoms with Gasteiger partial charge in [0, 0.05) is 22.3 Å². The number of amides is 1. The smallest absolute Gasteiger partial charge is 0.233 e. The maximum Gasteiger partial charge on any atom is 0.233 e. The lowest BCUT2D eigenvalue weighted by Crippen LogP contribution is -2.47. The molecule has 1 saturated heterocycles. The summed E-state index contributed by atoms with van der Waals surface area (Å²) >= 11 is 3.20. The van der Waals surface area contributed by atoms with Gasteiger partial charge in [-0.2, -0.15) is 0 Å². The van der Waals surface area contributed by atoms with Gasteiger partial charge in [-0.15, -0.1) is 11.3 Å². The highest BCUT2D eigenvalue weighted by Gasteiger charge is 2.36. The van der Waals surface area contributed by atoms with Crippen molar-refractivity contribution in [3.05, 3.63) is 16.8 Å². The SMILES string of the molecule is CCC(C)N(C(=O)CSc1ncnc2sc3c(c12)CCC3)C1CCS(=O)(=O)C1. The number of hydrogen-bond acceptors (Lipinski definition) is 7. The van der Waals surface area contributed by atoms with E-state index in [0.29, 0.717) is 6.42 Å². The average Bonchev–Trinajstić information content (AvgIpc) is 3.34. The standard InChI is InChI=1S/C19H25N3O3S3/c1-3-12(2)22(13-7-8-28(24,25)10-13)16(23)9-26-18-17-14-5-4-6-15(14)27-19(17)21-11-20-18/h11-13H,3-10H2,1-2H3. The highest BCUT2D eigenvalue weighted by Crippen LogP contribution is 2.40. The second-order valence-electron chi connectivity index (χ2n) is 7.62. The zero-order valence-corrected chi connectivity index (χ0v) is 18.6. The zero-order valence-electron chi connectivity index (χ0n) is 16.2. The summed E-state index contributed by atoms with van der Waals surface area (Å²) in [6, 6.07) is -0.175. The van der Waals surface area contributed by atoms with Gasteiger partial charge in [-0.1, -0.05) is 18.7 Å². The summed E-state index contributed by atoms with van der Waals surface area (Å²) in [5, 5.41) is 2.00. The fourth-order valence-corrected chi connectivity index (χ4v) is 8.11.